The lowest BCUT2D eigenvalue weighted by atomic mass is 10.2. The van der Waals surface area contributed by atoms with Gasteiger partial charge < -0.3 is 19.5 Å². The molecule has 37 heavy (non-hydrogen) atoms. The van der Waals surface area contributed by atoms with E-state index in [4.69, 9.17) is 14.2 Å². The van der Waals surface area contributed by atoms with Crippen LogP contribution in [0.15, 0.2) is 71.8 Å². The molecule has 0 aliphatic rings. The minimum absolute atomic E-state index is 0.217. The molecular formula is C28H29N3O6. The number of ether oxygens (including phenoxy) is 3. The van der Waals surface area contributed by atoms with Gasteiger partial charge in [0, 0.05) is 5.69 Å². The van der Waals surface area contributed by atoms with Crippen LogP contribution in [-0.2, 0) is 9.59 Å². The number of amides is 2. The lowest BCUT2D eigenvalue weighted by Crippen LogP contribution is -2.32. The van der Waals surface area contributed by atoms with Gasteiger partial charge in [-0.15, -0.1) is 0 Å². The van der Waals surface area contributed by atoms with E-state index in [1.165, 1.54) is 13.3 Å². The van der Waals surface area contributed by atoms with Crippen molar-refractivity contribution in [2.24, 2.45) is 5.10 Å². The monoisotopic (exact) mass is 503 g/mol. The fourth-order valence-corrected chi connectivity index (χ4v) is 3.07. The lowest BCUT2D eigenvalue weighted by molar-refractivity contribution is -0.136. The van der Waals surface area contributed by atoms with E-state index in [1.54, 1.807) is 54.6 Å². The Balaban J connectivity index is 1.56. The van der Waals surface area contributed by atoms with Crippen molar-refractivity contribution in [2.75, 3.05) is 19.0 Å². The number of unbranched alkanes of at least 4 members (excludes halogenated alkanes) is 1. The third kappa shape index (κ3) is 8.21. The molecule has 0 spiro atoms. The van der Waals surface area contributed by atoms with Crippen LogP contribution in [-0.4, -0.2) is 37.7 Å². The van der Waals surface area contributed by atoms with Crippen molar-refractivity contribution in [1.82, 2.24) is 5.43 Å². The summed E-state index contributed by atoms with van der Waals surface area (Å²) in [5, 5.41) is 6.30. The second-order valence-electron chi connectivity index (χ2n) is 8.05. The minimum Gasteiger partial charge on any atom is -0.494 e. The average molecular weight is 504 g/mol. The summed E-state index contributed by atoms with van der Waals surface area (Å²) in [6.07, 6.45) is 3.33. The first kappa shape index (κ1) is 26.9. The highest BCUT2D eigenvalue weighted by atomic mass is 16.6. The number of esters is 1. The number of rotatable bonds is 10. The molecule has 0 saturated heterocycles. The fraction of sp³-hybridized carbons (Fsp3) is 0.214. The Hall–Kier alpha value is -4.66. The molecule has 0 radical (unpaired) electrons. The van der Waals surface area contributed by atoms with Crippen LogP contribution in [0.25, 0.3) is 0 Å². The summed E-state index contributed by atoms with van der Waals surface area (Å²) in [4.78, 5) is 36.6. The van der Waals surface area contributed by atoms with E-state index >= 15 is 0 Å². The molecule has 0 aliphatic heterocycles. The van der Waals surface area contributed by atoms with Gasteiger partial charge in [0.2, 0.25) is 0 Å². The molecule has 0 bridgehead atoms. The van der Waals surface area contributed by atoms with Crippen molar-refractivity contribution < 1.29 is 28.6 Å². The Bertz CT molecular complexity index is 1250. The van der Waals surface area contributed by atoms with Crippen molar-refractivity contribution >= 4 is 29.7 Å². The van der Waals surface area contributed by atoms with Crippen LogP contribution in [0.2, 0.25) is 0 Å². The topological polar surface area (TPSA) is 115 Å². The van der Waals surface area contributed by atoms with Crippen molar-refractivity contribution in [3.05, 3.63) is 83.4 Å². The number of hydrogen-bond acceptors (Lipinski definition) is 7. The van der Waals surface area contributed by atoms with Crippen LogP contribution in [0.3, 0.4) is 0 Å². The highest BCUT2D eigenvalue weighted by Gasteiger charge is 2.14. The average Bonchev–Trinajstić information content (AvgIpc) is 2.91. The van der Waals surface area contributed by atoms with E-state index in [-0.39, 0.29) is 5.75 Å². The van der Waals surface area contributed by atoms with Gasteiger partial charge in [0.15, 0.2) is 11.5 Å². The molecule has 0 aliphatic carbocycles. The number of nitrogens with zero attached hydrogens (tertiary/aromatic N) is 1. The molecule has 0 heterocycles. The van der Waals surface area contributed by atoms with E-state index in [2.05, 4.69) is 22.8 Å². The summed E-state index contributed by atoms with van der Waals surface area (Å²) >= 11 is 0. The zero-order valence-electron chi connectivity index (χ0n) is 20.9. The van der Waals surface area contributed by atoms with E-state index in [0.717, 1.165) is 18.4 Å². The smallest absolute Gasteiger partial charge is 0.343 e. The molecule has 0 atom stereocenters. The zero-order valence-corrected chi connectivity index (χ0v) is 20.9. The summed E-state index contributed by atoms with van der Waals surface area (Å²) in [7, 11) is 1.44. The van der Waals surface area contributed by atoms with Gasteiger partial charge in [0.05, 0.1) is 25.5 Å². The normalized spacial score (nSPS) is 10.6. The zero-order chi connectivity index (χ0) is 26.6. The van der Waals surface area contributed by atoms with Gasteiger partial charge in [-0.3, -0.25) is 9.59 Å². The molecule has 2 amide bonds. The van der Waals surface area contributed by atoms with Crippen LogP contribution in [0, 0.1) is 6.92 Å². The highest BCUT2D eigenvalue weighted by Crippen LogP contribution is 2.28. The number of anilines is 1. The molecule has 3 aromatic rings. The minimum atomic E-state index is -0.920. The predicted octanol–water partition coefficient (Wildman–Crippen LogP) is 4.49. The van der Waals surface area contributed by atoms with Gasteiger partial charge >= 0.3 is 17.8 Å². The summed E-state index contributed by atoms with van der Waals surface area (Å²) in [5.41, 5.74) is 4.61. The van der Waals surface area contributed by atoms with E-state index in [1.807, 2.05) is 19.1 Å². The van der Waals surface area contributed by atoms with Gasteiger partial charge in [-0.05, 0) is 73.5 Å². The van der Waals surface area contributed by atoms with Crippen LogP contribution in [0.1, 0.15) is 41.3 Å². The first-order valence-corrected chi connectivity index (χ1v) is 11.7. The highest BCUT2D eigenvalue weighted by molar-refractivity contribution is 6.39. The summed E-state index contributed by atoms with van der Waals surface area (Å²) in [5.74, 6) is -1.12. The van der Waals surface area contributed by atoms with Crippen LogP contribution >= 0.6 is 0 Å². The predicted molar refractivity (Wildman–Crippen MR) is 140 cm³/mol. The van der Waals surface area contributed by atoms with Crippen LogP contribution in [0.5, 0.6) is 17.2 Å². The SMILES string of the molecule is CCCCOc1ccc(C(=O)Oc2ccc(C=NNC(=O)C(=O)Nc3ccc(C)cc3)cc2OC)cc1. The Labute approximate surface area is 215 Å². The molecule has 0 saturated carbocycles. The summed E-state index contributed by atoms with van der Waals surface area (Å²) < 4.78 is 16.4. The Morgan fingerprint density at radius 3 is 2.32 bits per heavy atom. The maximum absolute atomic E-state index is 12.6. The molecule has 0 unspecified atom stereocenters. The van der Waals surface area contributed by atoms with Crippen molar-refractivity contribution in [3.63, 3.8) is 0 Å². The van der Waals surface area contributed by atoms with Gasteiger partial charge in [0.25, 0.3) is 0 Å². The summed E-state index contributed by atoms with van der Waals surface area (Å²) in [6.45, 7) is 4.63. The Morgan fingerprint density at radius 1 is 0.919 bits per heavy atom. The largest absolute Gasteiger partial charge is 0.494 e. The molecule has 3 rings (SSSR count). The van der Waals surface area contributed by atoms with Gasteiger partial charge in [-0.2, -0.15) is 5.10 Å². The fourth-order valence-electron chi connectivity index (χ4n) is 3.07. The number of carbonyl (C=O) groups is 3. The van der Waals surface area contributed by atoms with Gasteiger partial charge in [-0.25, -0.2) is 10.2 Å². The first-order chi connectivity index (χ1) is 17.9. The van der Waals surface area contributed by atoms with Crippen molar-refractivity contribution in [1.29, 1.82) is 0 Å². The van der Waals surface area contributed by atoms with Crippen LogP contribution in [0.4, 0.5) is 5.69 Å². The number of hydrogen-bond donors (Lipinski definition) is 2. The number of carbonyl (C=O) groups excluding carboxylic acids is 3. The molecule has 0 aromatic heterocycles. The van der Waals surface area contributed by atoms with Crippen molar-refractivity contribution in [2.45, 2.75) is 26.7 Å². The van der Waals surface area contributed by atoms with Gasteiger partial charge in [-0.1, -0.05) is 31.0 Å². The number of aryl methyl sites for hydroxylation is 1. The number of methoxy groups -OCH3 is 1. The standard InChI is InChI=1S/C28H29N3O6/c1-4-5-16-36-23-13-9-21(10-14-23)28(34)37-24-15-8-20(17-25(24)35-3)18-29-31-27(33)26(32)30-22-11-6-19(2)7-12-22/h6-15,17-18H,4-5,16H2,1-3H3,(H,30,32)(H,31,33). The molecule has 2 N–H and O–H groups in total. The second kappa shape index (κ2) is 13.4. The summed E-state index contributed by atoms with van der Waals surface area (Å²) in [6, 6.07) is 18.5. The van der Waals surface area contributed by atoms with Gasteiger partial charge in [0.1, 0.15) is 5.75 Å². The molecular weight excluding hydrogens is 474 g/mol. The number of benzene rings is 3. The van der Waals surface area contributed by atoms with E-state index in [9.17, 15) is 14.4 Å². The Kier molecular flexibility index (Phi) is 9.78. The maximum atomic E-state index is 12.6. The third-order valence-electron chi connectivity index (χ3n) is 5.14. The molecule has 9 nitrogen and oxygen atoms in total. The first-order valence-electron chi connectivity index (χ1n) is 11.7. The third-order valence-corrected chi connectivity index (χ3v) is 5.14. The quantitative estimate of drug-likeness (QED) is 0.105. The van der Waals surface area contributed by atoms with Crippen molar-refractivity contribution in [3.8, 4) is 17.2 Å². The molecule has 192 valence electrons. The maximum Gasteiger partial charge on any atom is 0.343 e. The van der Waals surface area contributed by atoms with Crippen LogP contribution < -0.4 is 25.0 Å². The van der Waals surface area contributed by atoms with E-state index in [0.29, 0.717) is 34.9 Å². The number of nitrogens with one attached hydrogen (secondary N) is 2. The second-order valence-corrected chi connectivity index (χ2v) is 8.05. The van der Waals surface area contributed by atoms with E-state index < -0.39 is 17.8 Å². The molecule has 9 heteroatoms. The number of hydrazone groups is 1. The molecule has 3 aromatic carbocycles. The lowest BCUT2D eigenvalue weighted by Gasteiger charge is -2.10. The molecule has 0 fully saturated rings. The Morgan fingerprint density at radius 2 is 1.65 bits per heavy atom.